The molecular weight excluding hydrogens is 309 g/mol. The van der Waals surface area contributed by atoms with Crippen molar-refractivity contribution in [2.45, 2.75) is 0 Å². The first kappa shape index (κ1) is 15.7. The number of halogens is 1. The average Bonchev–Trinajstić information content (AvgIpc) is 2.94. The Morgan fingerprint density at radius 3 is 2.67 bits per heavy atom. The van der Waals surface area contributed by atoms with Crippen molar-refractivity contribution < 1.29 is 14.0 Å². The summed E-state index contributed by atoms with van der Waals surface area (Å²) in [6.07, 6.45) is 0. The number of benzene rings is 2. The molecule has 0 fully saturated rings. The first-order chi connectivity index (χ1) is 11.6. The second-order valence-corrected chi connectivity index (χ2v) is 5.15. The van der Waals surface area contributed by atoms with E-state index in [9.17, 15) is 14.4 Å². The molecule has 0 N–H and O–H groups in total. The minimum Gasteiger partial charge on any atom is -0.304 e. The minimum atomic E-state index is -0.491. The Morgan fingerprint density at radius 1 is 1.25 bits per heavy atom. The predicted octanol–water partition coefficient (Wildman–Crippen LogP) is 3.27. The van der Waals surface area contributed by atoms with Crippen molar-refractivity contribution in [3.8, 4) is 11.8 Å². The second kappa shape index (κ2) is 6.14. The molecule has 1 heterocycles. The molecule has 3 rings (SSSR count). The number of hydroxylamine groups is 2. The third-order valence-corrected chi connectivity index (χ3v) is 3.82. The van der Waals surface area contributed by atoms with Gasteiger partial charge in [0.1, 0.15) is 17.6 Å². The largest absolute Gasteiger partial charge is 0.304 e. The van der Waals surface area contributed by atoms with E-state index in [-0.39, 0.29) is 11.3 Å². The van der Waals surface area contributed by atoms with Crippen molar-refractivity contribution in [3.63, 3.8) is 0 Å². The fourth-order valence-electron chi connectivity index (χ4n) is 2.67. The molecule has 0 radical (unpaired) electrons. The van der Waals surface area contributed by atoms with Gasteiger partial charge in [-0.25, -0.2) is 9.45 Å². The molecule has 0 saturated heterocycles. The molecule has 5 nitrogen and oxygen atoms in total. The van der Waals surface area contributed by atoms with E-state index in [4.69, 9.17) is 4.84 Å². The standard InChI is InChI=1S/C18H14FN3O2/c1-21(24-2)18(23)17-15(11-20)14-8-3-4-9-16(14)22(17)13-7-5-6-12(19)10-13/h3-10H,1-2H3. The van der Waals surface area contributed by atoms with E-state index in [1.54, 1.807) is 41.0 Å². The number of hydrogen-bond acceptors (Lipinski definition) is 3. The van der Waals surface area contributed by atoms with E-state index < -0.39 is 11.7 Å². The van der Waals surface area contributed by atoms with Crippen LogP contribution >= 0.6 is 0 Å². The maximum atomic E-state index is 13.7. The number of rotatable bonds is 3. The van der Waals surface area contributed by atoms with Gasteiger partial charge < -0.3 is 4.57 Å². The Bertz CT molecular complexity index is 972. The predicted molar refractivity (Wildman–Crippen MR) is 87.1 cm³/mol. The Balaban J connectivity index is 2.42. The molecule has 1 amide bonds. The molecule has 0 aliphatic carbocycles. The van der Waals surface area contributed by atoms with E-state index in [0.29, 0.717) is 16.6 Å². The van der Waals surface area contributed by atoms with Crippen LogP contribution in [0, 0.1) is 17.1 Å². The van der Waals surface area contributed by atoms with Crippen LogP contribution in [0.5, 0.6) is 0 Å². The lowest BCUT2D eigenvalue weighted by atomic mass is 10.1. The van der Waals surface area contributed by atoms with Gasteiger partial charge in [-0.1, -0.05) is 24.3 Å². The zero-order valence-electron chi connectivity index (χ0n) is 13.2. The zero-order chi connectivity index (χ0) is 17.3. The maximum absolute atomic E-state index is 13.7. The van der Waals surface area contributed by atoms with Crippen LogP contribution in [0.1, 0.15) is 16.1 Å². The SMILES string of the molecule is CON(C)C(=O)c1c(C#N)c2ccccc2n1-c1cccc(F)c1. The Hall–Kier alpha value is -3.17. The Kier molecular flexibility index (Phi) is 4.02. The molecule has 0 atom stereocenters. The zero-order valence-corrected chi connectivity index (χ0v) is 13.2. The van der Waals surface area contributed by atoms with Crippen LogP contribution in [0.4, 0.5) is 4.39 Å². The van der Waals surface area contributed by atoms with Gasteiger partial charge in [0.2, 0.25) is 0 Å². The van der Waals surface area contributed by atoms with Crippen molar-refractivity contribution >= 4 is 16.8 Å². The highest BCUT2D eigenvalue weighted by atomic mass is 19.1. The van der Waals surface area contributed by atoms with Gasteiger partial charge in [-0.05, 0) is 24.3 Å². The van der Waals surface area contributed by atoms with Gasteiger partial charge in [0.15, 0.2) is 0 Å². The first-order valence-corrected chi connectivity index (χ1v) is 7.20. The second-order valence-electron chi connectivity index (χ2n) is 5.15. The molecule has 120 valence electrons. The summed E-state index contributed by atoms with van der Waals surface area (Å²) in [5.41, 5.74) is 1.46. The summed E-state index contributed by atoms with van der Waals surface area (Å²) < 4.78 is 15.3. The van der Waals surface area contributed by atoms with Crippen LogP contribution in [-0.2, 0) is 4.84 Å². The van der Waals surface area contributed by atoms with E-state index in [1.807, 2.05) is 0 Å². The lowest BCUT2D eigenvalue weighted by molar-refractivity contribution is -0.0761. The molecular formula is C18H14FN3O2. The highest BCUT2D eigenvalue weighted by Gasteiger charge is 2.26. The number of nitriles is 1. The monoisotopic (exact) mass is 323 g/mol. The van der Waals surface area contributed by atoms with E-state index >= 15 is 0 Å². The van der Waals surface area contributed by atoms with Crippen LogP contribution in [0.25, 0.3) is 16.6 Å². The summed E-state index contributed by atoms with van der Waals surface area (Å²) in [5.74, 6) is -0.920. The summed E-state index contributed by atoms with van der Waals surface area (Å²) in [7, 11) is 2.82. The quantitative estimate of drug-likeness (QED) is 0.695. The molecule has 0 spiro atoms. The van der Waals surface area contributed by atoms with Crippen LogP contribution < -0.4 is 0 Å². The number of amides is 1. The number of para-hydroxylation sites is 1. The number of nitrogens with zero attached hydrogens (tertiary/aromatic N) is 3. The van der Waals surface area contributed by atoms with Gasteiger partial charge in [-0.3, -0.25) is 9.63 Å². The van der Waals surface area contributed by atoms with E-state index in [1.165, 1.54) is 26.3 Å². The molecule has 0 saturated carbocycles. The summed E-state index contributed by atoms with van der Waals surface area (Å²) in [6, 6.07) is 15.1. The number of aromatic nitrogens is 1. The summed E-state index contributed by atoms with van der Waals surface area (Å²) in [4.78, 5) is 17.7. The third kappa shape index (κ3) is 2.41. The number of hydrogen-bond donors (Lipinski definition) is 0. The molecule has 0 unspecified atom stereocenters. The average molecular weight is 323 g/mol. The van der Waals surface area contributed by atoms with Crippen molar-refractivity contribution in [3.05, 3.63) is 65.6 Å². The minimum absolute atomic E-state index is 0.133. The normalized spacial score (nSPS) is 10.6. The summed E-state index contributed by atoms with van der Waals surface area (Å²) >= 11 is 0. The first-order valence-electron chi connectivity index (χ1n) is 7.20. The van der Waals surface area contributed by atoms with Gasteiger partial charge in [0, 0.05) is 18.1 Å². The number of fused-ring (bicyclic) bond motifs is 1. The van der Waals surface area contributed by atoms with E-state index in [2.05, 4.69) is 6.07 Å². The maximum Gasteiger partial charge on any atom is 0.295 e. The van der Waals surface area contributed by atoms with Gasteiger partial charge in [-0.2, -0.15) is 5.26 Å². The topological polar surface area (TPSA) is 58.3 Å². The van der Waals surface area contributed by atoms with Crippen molar-refractivity contribution in [2.24, 2.45) is 0 Å². The number of carbonyl (C=O) groups is 1. The Morgan fingerprint density at radius 2 is 2.00 bits per heavy atom. The van der Waals surface area contributed by atoms with Crippen LogP contribution in [0.15, 0.2) is 48.5 Å². The van der Waals surface area contributed by atoms with Crippen LogP contribution in [-0.4, -0.2) is 29.7 Å². The smallest absolute Gasteiger partial charge is 0.295 e. The molecule has 1 aromatic heterocycles. The van der Waals surface area contributed by atoms with Crippen LogP contribution in [0.3, 0.4) is 0 Å². The number of carbonyl (C=O) groups excluding carboxylic acids is 1. The molecule has 3 aromatic rings. The van der Waals surface area contributed by atoms with Crippen LogP contribution in [0.2, 0.25) is 0 Å². The van der Waals surface area contributed by atoms with Crippen molar-refractivity contribution in [2.75, 3.05) is 14.2 Å². The molecule has 6 heteroatoms. The lowest BCUT2D eigenvalue weighted by Gasteiger charge is -2.16. The van der Waals surface area contributed by atoms with Gasteiger partial charge in [0.25, 0.3) is 5.91 Å². The summed E-state index contributed by atoms with van der Waals surface area (Å²) in [5, 5.41) is 11.2. The molecule has 0 aliphatic rings. The molecule has 0 bridgehead atoms. The molecule has 2 aromatic carbocycles. The third-order valence-electron chi connectivity index (χ3n) is 3.82. The van der Waals surface area contributed by atoms with Gasteiger partial charge in [0.05, 0.1) is 18.2 Å². The molecule has 24 heavy (non-hydrogen) atoms. The van der Waals surface area contributed by atoms with Gasteiger partial charge >= 0.3 is 0 Å². The highest BCUT2D eigenvalue weighted by Crippen LogP contribution is 2.30. The lowest BCUT2D eigenvalue weighted by Crippen LogP contribution is -2.28. The fourth-order valence-corrected chi connectivity index (χ4v) is 2.67. The highest BCUT2D eigenvalue weighted by molar-refractivity contribution is 6.04. The van der Waals surface area contributed by atoms with Gasteiger partial charge in [-0.15, -0.1) is 0 Å². The van der Waals surface area contributed by atoms with Crippen molar-refractivity contribution in [1.82, 2.24) is 9.63 Å². The summed E-state index contributed by atoms with van der Waals surface area (Å²) in [6.45, 7) is 0. The Labute approximate surface area is 138 Å². The fraction of sp³-hybridized carbons (Fsp3) is 0.111. The van der Waals surface area contributed by atoms with E-state index in [0.717, 1.165) is 5.06 Å². The van der Waals surface area contributed by atoms with Crippen molar-refractivity contribution in [1.29, 1.82) is 5.26 Å². The molecule has 0 aliphatic heterocycles.